The number of hydrogen-bond acceptors (Lipinski definition) is 4. The molecular weight excluding hydrogens is 849 g/mol. The van der Waals surface area contributed by atoms with E-state index in [1.807, 2.05) is 12.3 Å². The molecule has 0 spiro atoms. The van der Waals surface area contributed by atoms with Gasteiger partial charge in [0, 0.05) is 30.0 Å². The number of fused-ring (bicyclic) bond motifs is 1. The van der Waals surface area contributed by atoms with Crippen molar-refractivity contribution in [3.8, 4) is 0 Å². The Hall–Kier alpha value is -7.43. The van der Waals surface area contributed by atoms with Crippen LogP contribution in [0.4, 0.5) is 0 Å². The number of aryl methyl sites for hydroxylation is 1. The maximum absolute atomic E-state index is 5.49. The van der Waals surface area contributed by atoms with Crippen LogP contribution < -0.4 is 10.4 Å². The van der Waals surface area contributed by atoms with E-state index in [9.17, 15) is 0 Å². The number of rotatable bonds is 15. The standard InChI is InChI=1S/C66H68N4/c1-8-12-28-54(24-10-3)63(40-49-26-14-13-15-27-49)55-35-22-34-53(36-38-55)61-43-60(48(6)67-46-59-33-21-19-29-51(59)23-9-2)44-62(45-61)66-69-64(58-39-37-52-30-18-20-32-57(52)42-58)68-65(70(66)7)50(11-4)41-56-31-17-16-25-47(56)5/h8,10-12,16-22,24-25,29-33,35-46,65H,5-6,9,13-15,23,26-28,34H2,1-4,7H3/b12-8-,24-10-,50-11?,56-41-,63-54+,67-46?. The number of allylic oxidation sites excluding steroid dienone is 15. The normalized spacial score (nSPS) is 17.5. The summed E-state index contributed by atoms with van der Waals surface area (Å²) in [6.07, 6.45) is 36.6. The van der Waals surface area contributed by atoms with Crippen LogP contribution in [0.3, 0.4) is 0 Å². The Kier molecular flexibility index (Phi) is 16.6. The first-order chi connectivity index (χ1) is 34.3. The van der Waals surface area contributed by atoms with Gasteiger partial charge in [-0.3, -0.25) is 4.99 Å². The first kappa shape index (κ1) is 49.0. The number of benzene rings is 5. The van der Waals surface area contributed by atoms with Crippen molar-refractivity contribution in [2.75, 3.05) is 7.05 Å². The van der Waals surface area contributed by atoms with Crippen LogP contribution in [0.2, 0.25) is 0 Å². The lowest BCUT2D eigenvalue weighted by Crippen LogP contribution is -2.42. The molecule has 5 aromatic rings. The van der Waals surface area contributed by atoms with Crippen LogP contribution in [0.1, 0.15) is 112 Å². The topological polar surface area (TPSA) is 40.3 Å². The average molecular weight is 917 g/mol. The molecule has 0 saturated heterocycles. The fourth-order valence-electron chi connectivity index (χ4n) is 9.66. The van der Waals surface area contributed by atoms with Gasteiger partial charge in [0.1, 0.15) is 12.0 Å². The molecule has 1 fully saturated rings. The van der Waals surface area contributed by atoms with E-state index in [1.54, 1.807) is 5.57 Å². The van der Waals surface area contributed by atoms with Crippen LogP contribution in [0.5, 0.6) is 0 Å². The van der Waals surface area contributed by atoms with E-state index in [0.29, 0.717) is 11.5 Å². The van der Waals surface area contributed by atoms with Crippen molar-refractivity contribution in [1.29, 1.82) is 0 Å². The fraction of sp³-hybridized carbons (Fsp3) is 0.227. The molecule has 4 nitrogen and oxygen atoms in total. The Morgan fingerprint density at radius 1 is 0.800 bits per heavy atom. The molecule has 5 aromatic carbocycles. The summed E-state index contributed by atoms with van der Waals surface area (Å²) in [6.45, 7) is 17.5. The van der Waals surface area contributed by atoms with Gasteiger partial charge in [0.05, 0.1) is 5.70 Å². The molecule has 352 valence electrons. The number of hydrogen-bond donors (Lipinski definition) is 0. The van der Waals surface area contributed by atoms with Gasteiger partial charge in [0.15, 0.2) is 5.84 Å². The first-order valence-electron chi connectivity index (χ1n) is 25.3. The molecule has 0 bridgehead atoms. The van der Waals surface area contributed by atoms with E-state index in [2.05, 4.69) is 223 Å². The van der Waals surface area contributed by atoms with Gasteiger partial charge in [-0.15, -0.1) is 0 Å². The average Bonchev–Trinajstić information content (AvgIpc) is 3.65. The highest BCUT2D eigenvalue weighted by Gasteiger charge is 2.28. The quantitative estimate of drug-likeness (QED) is 0.0586. The molecule has 3 aliphatic rings. The lowest BCUT2D eigenvalue weighted by molar-refractivity contribution is 0.424. The van der Waals surface area contributed by atoms with Gasteiger partial charge in [-0.1, -0.05) is 184 Å². The van der Waals surface area contributed by atoms with Crippen molar-refractivity contribution >= 4 is 52.6 Å². The number of aliphatic imine (C=N–C) groups is 3. The zero-order valence-corrected chi connectivity index (χ0v) is 42.0. The fourth-order valence-corrected chi connectivity index (χ4v) is 9.66. The zero-order chi connectivity index (χ0) is 48.8. The summed E-state index contributed by atoms with van der Waals surface area (Å²) >= 11 is 0. The van der Waals surface area contributed by atoms with Gasteiger partial charge in [-0.25, -0.2) is 9.98 Å². The van der Waals surface area contributed by atoms with Gasteiger partial charge in [0.25, 0.3) is 0 Å². The minimum Gasteiger partial charge on any atom is -0.333 e. The van der Waals surface area contributed by atoms with Crippen LogP contribution in [0, 0.1) is 0 Å². The molecule has 1 aliphatic heterocycles. The van der Waals surface area contributed by atoms with Crippen LogP contribution in [-0.4, -0.2) is 36.0 Å². The Morgan fingerprint density at radius 3 is 2.36 bits per heavy atom. The van der Waals surface area contributed by atoms with Crippen molar-refractivity contribution in [1.82, 2.24) is 4.90 Å². The predicted molar refractivity (Wildman–Crippen MR) is 304 cm³/mol. The highest BCUT2D eigenvalue weighted by molar-refractivity contribution is 6.14. The monoisotopic (exact) mass is 917 g/mol. The molecule has 1 unspecified atom stereocenters. The molecule has 1 heterocycles. The van der Waals surface area contributed by atoms with E-state index in [4.69, 9.17) is 15.0 Å². The highest BCUT2D eigenvalue weighted by Crippen LogP contribution is 2.34. The second-order valence-electron chi connectivity index (χ2n) is 18.5. The second-order valence-corrected chi connectivity index (χ2v) is 18.5. The third kappa shape index (κ3) is 11.9. The number of likely N-dealkylation sites (N-methyl/N-ethyl adjacent to an activating group) is 1. The molecule has 2 aliphatic carbocycles. The Bertz CT molecular complexity index is 3220. The van der Waals surface area contributed by atoms with E-state index >= 15 is 0 Å². The van der Waals surface area contributed by atoms with Crippen LogP contribution in [0.15, 0.2) is 219 Å². The lowest BCUT2D eigenvalue weighted by atomic mass is 9.89. The Balaban J connectivity index is 1.30. The smallest absolute Gasteiger partial charge is 0.159 e. The Labute approximate surface area is 417 Å². The van der Waals surface area contributed by atoms with Gasteiger partial charge in [0.2, 0.25) is 0 Å². The molecular formula is C66H68N4. The molecule has 1 atom stereocenters. The summed E-state index contributed by atoms with van der Waals surface area (Å²) in [5, 5.41) is 4.35. The first-order valence-corrected chi connectivity index (χ1v) is 25.3. The molecule has 1 saturated carbocycles. The molecule has 0 N–H and O–H groups in total. The van der Waals surface area contributed by atoms with Crippen LogP contribution in [0.25, 0.3) is 34.7 Å². The summed E-state index contributed by atoms with van der Waals surface area (Å²) in [5.74, 6) is 1.50. The highest BCUT2D eigenvalue weighted by atomic mass is 15.3. The number of amidine groups is 2. The summed E-state index contributed by atoms with van der Waals surface area (Å²) in [6, 6.07) is 38.5. The third-order valence-electron chi connectivity index (χ3n) is 13.5. The van der Waals surface area contributed by atoms with Crippen molar-refractivity contribution in [2.24, 2.45) is 15.0 Å². The van der Waals surface area contributed by atoms with Gasteiger partial charge < -0.3 is 4.90 Å². The van der Waals surface area contributed by atoms with E-state index in [-0.39, 0.29) is 6.17 Å². The molecule has 8 rings (SSSR count). The molecule has 0 radical (unpaired) electrons. The third-order valence-corrected chi connectivity index (χ3v) is 13.5. The summed E-state index contributed by atoms with van der Waals surface area (Å²) in [5.41, 5.74) is 14.7. The van der Waals surface area contributed by atoms with Gasteiger partial charge in [-0.05, 0) is 162 Å². The largest absolute Gasteiger partial charge is 0.333 e. The van der Waals surface area contributed by atoms with Gasteiger partial charge in [-0.2, -0.15) is 0 Å². The van der Waals surface area contributed by atoms with E-state index < -0.39 is 0 Å². The number of nitrogens with zero attached hydrogens (tertiary/aromatic N) is 4. The SMILES string of the molecule is C=C(N=Cc1ccccc1CCC)c1cc(C2=CC=C(/C(C=C3CCCCC3)=C(\C=C/C)C/C=C\C)C=CC2)cc(C2=NC(c3ccc4ccccc4c3)=NC(C(=CC)/C=c3/ccccc3=C)N2C)c1. The molecule has 4 heteroatoms. The van der Waals surface area contributed by atoms with E-state index in [1.165, 1.54) is 65.3 Å². The van der Waals surface area contributed by atoms with Crippen molar-refractivity contribution < 1.29 is 0 Å². The maximum Gasteiger partial charge on any atom is 0.159 e. The second kappa shape index (κ2) is 23.7. The van der Waals surface area contributed by atoms with Crippen LogP contribution >= 0.6 is 0 Å². The van der Waals surface area contributed by atoms with Crippen LogP contribution in [-0.2, 0) is 6.42 Å². The van der Waals surface area contributed by atoms with Gasteiger partial charge >= 0.3 is 0 Å². The molecule has 0 aromatic heterocycles. The molecule has 0 amide bonds. The minimum absolute atomic E-state index is 0.370. The maximum atomic E-state index is 5.49. The predicted octanol–water partition coefficient (Wildman–Crippen LogP) is 15.2. The summed E-state index contributed by atoms with van der Waals surface area (Å²) in [4.78, 5) is 18.2. The lowest BCUT2D eigenvalue weighted by Gasteiger charge is -2.33. The van der Waals surface area contributed by atoms with E-state index in [0.717, 1.165) is 80.7 Å². The molecule has 70 heavy (non-hydrogen) atoms. The van der Waals surface area contributed by atoms with Crippen molar-refractivity contribution in [3.05, 3.63) is 248 Å². The van der Waals surface area contributed by atoms with Crippen molar-refractivity contribution in [3.63, 3.8) is 0 Å². The minimum atomic E-state index is -0.370. The summed E-state index contributed by atoms with van der Waals surface area (Å²) < 4.78 is 0. The van der Waals surface area contributed by atoms with Crippen molar-refractivity contribution in [2.45, 2.75) is 91.6 Å². The Morgan fingerprint density at radius 2 is 1.57 bits per heavy atom. The zero-order valence-electron chi connectivity index (χ0n) is 42.0. The summed E-state index contributed by atoms with van der Waals surface area (Å²) in [7, 11) is 2.11.